The maximum atomic E-state index is 11.3. The molecule has 108 valence electrons. The molecule has 0 spiro atoms. The zero-order chi connectivity index (χ0) is 14.5. The normalized spacial score (nSPS) is 14.3. The van der Waals surface area contributed by atoms with Crippen LogP contribution in [-0.2, 0) is 11.3 Å². The van der Waals surface area contributed by atoms with Crippen molar-refractivity contribution >= 4 is 5.97 Å². The van der Waals surface area contributed by atoms with Crippen molar-refractivity contribution in [1.82, 2.24) is 15.1 Å². The first-order valence-corrected chi connectivity index (χ1v) is 6.88. The molecular formula is C14H25N3O2. The Hall–Kier alpha value is -1.36. The first kappa shape index (κ1) is 15.7. The Morgan fingerprint density at radius 1 is 1.47 bits per heavy atom. The molecule has 2 N–H and O–H groups in total. The number of carbonyl (C=O) groups is 1. The highest BCUT2D eigenvalue weighted by Gasteiger charge is 2.30. The molecule has 1 atom stereocenters. The van der Waals surface area contributed by atoms with Gasteiger partial charge >= 0.3 is 5.97 Å². The minimum absolute atomic E-state index is 0.634. The van der Waals surface area contributed by atoms with Gasteiger partial charge in [-0.1, -0.05) is 6.92 Å². The van der Waals surface area contributed by atoms with Crippen LogP contribution in [0.3, 0.4) is 0 Å². The SMILES string of the molecule is CCNC(C)(CCCCn1nc(C)cc1C)C(=O)O. The van der Waals surface area contributed by atoms with E-state index < -0.39 is 11.5 Å². The molecule has 0 amide bonds. The topological polar surface area (TPSA) is 67.2 Å². The first-order chi connectivity index (χ1) is 8.89. The van der Waals surface area contributed by atoms with Crippen LogP contribution in [0.2, 0.25) is 0 Å². The molecule has 0 saturated heterocycles. The number of rotatable bonds is 8. The molecule has 19 heavy (non-hydrogen) atoms. The molecule has 0 aliphatic heterocycles. The van der Waals surface area contributed by atoms with Gasteiger partial charge in [0.25, 0.3) is 0 Å². The second kappa shape index (κ2) is 6.70. The summed E-state index contributed by atoms with van der Waals surface area (Å²) in [7, 11) is 0. The molecule has 1 heterocycles. The molecule has 5 heteroatoms. The van der Waals surface area contributed by atoms with E-state index in [1.54, 1.807) is 6.92 Å². The van der Waals surface area contributed by atoms with E-state index in [4.69, 9.17) is 0 Å². The van der Waals surface area contributed by atoms with Crippen molar-refractivity contribution in [2.75, 3.05) is 6.54 Å². The summed E-state index contributed by atoms with van der Waals surface area (Å²) in [6.07, 6.45) is 2.44. The summed E-state index contributed by atoms with van der Waals surface area (Å²) in [5.74, 6) is -0.777. The van der Waals surface area contributed by atoms with Crippen LogP contribution in [-0.4, -0.2) is 32.9 Å². The molecule has 0 aromatic carbocycles. The van der Waals surface area contributed by atoms with Gasteiger partial charge in [-0.3, -0.25) is 9.48 Å². The highest BCUT2D eigenvalue weighted by Crippen LogP contribution is 2.15. The second-order valence-electron chi connectivity index (χ2n) is 5.27. The first-order valence-electron chi connectivity index (χ1n) is 6.88. The summed E-state index contributed by atoms with van der Waals surface area (Å²) in [6, 6.07) is 2.06. The van der Waals surface area contributed by atoms with Crippen LogP contribution >= 0.6 is 0 Å². The zero-order valence-corrected chi connectivity index (χ0v) is 12.4. The fourth-order valence-corrected chi connectivity index (χ4v) is 2.30. The summed E-state index contributed by atoms with van der Waals surface area (Å²) < 4.78 is 1.99. The number of aryl methyl sites for hydroxylation is 3. The van der Waals surface area contributed by atoms with Crippen molar-refractivity contribution in [2.24, 2.45) is 0 Å². The summed E-state index contributed by atoms with van der Waals surface area (Å²) >= 11 is 0. The molecular weight excluding hydrogens is 242 g/mol. The van der Waals surface area contributed by atoms with Gasteiger partial charge in [0.05, 0.1) is 5.69 Å². The highest BCUT2D eigenvalue weighted by atomic mass is 16.4. The fourth-order valence-electron chi connectivity index (χ4n) is 2.30. The number of nitrogens with zero attached hydrogens (tertiary/aromatic N) is 2. The number of aromatic nitrogens is 2. The molecule has 0 aliphatic carbocycles. The van der Waals surface area contributed by atoms with Gasteiger partial charge in [0.1, 0.15) is 5.54 Å². The molecule has 1 aromatic heterocycles. The van der Waals surface area contributed by atoms with E-state index in [0.29, 0.717) is 13.0 Å². The molecule has 5 nitrogen and oxygen atoms in total. The number of carboxylic acid groups (broad SMARTS) is 1. The van der Waals surface area contributed by atoms with Crippen molar-refractivity contribution in [1.29, 1.82) is 0 Å². The van der Waals surface area contributed by atoms with Crippen LogP contribution in [0.15, 0.2) is 6.07 Å². The van der Waals surface area contributed by atoms with E-state index in [-0.39, 0.29) is 0 Å². The van der Waals surface area contributed by atoms with E-state index in [2.05, 4.69) is 16.5 Å². The Kier molecular flexibility index (Phi) is 5.54. The van der Waals surface area contributed by atoms with E-state index in [1.807, 2.05) is 25.5 Å². The molecule has 0 radical (unpaired) electrons. The second-order valence-corrected chi connectivity index (χ2v) is 5.27. The number of unbranched alkanes of at least 4 members (excludes halogenated alkanes) is 1. The van der Waals surface area contributed by atoms with Gasteiger partial charge in [0.15, 0.2) is 0 Å². The molecule has 1 aromatic rings. The number of nitrogens with one attached hydrogen (secondary N) is 1. The Morgan fingerprint density at radius 2 is 2.16 bits per heavy atom. The summed E-state index contributed by atoms with van der Waals surface area (Å²) in [6.45, 7) is 9.22. The monoisotopic (exact) mass is 267 g/mol. The van der Waals surface area contributed by atoms with Crippen molar-refractivity contribution in [3.05, 3.63) is 17.5 Å². The minimum atomic E-state index is -0.816. The summed E-state index contributed by atoms with van der Waals surface area (Å²) in [5.41, 5.74) is 1.37. The Labute approximate surface area is 115 Å². The van der Waals surface area contributed by atoms with Crippen molar-refractivity contribution in [3.8, 4) is 0 Å². The van der Waals surface area contributed by atoms with Crippen LogP contribution in [0.5, 0.6) is 0 Å². The number of hydrogen-bond acceptors (Lipinski definition) is 3. The molecule has 0 saturated carbocycles. The number of aliphatic carboxylic acids is 1. The lowest BCUT2D eigenvalue weighted by molar-refractivity contribution is -0.144. The number of hydrogen-bond donors (Lipinski definition) is 2. The van der Waals surface area contributed by atoms with Gasteiger partial charge in [-0.05, 0) is 52.6 Å². The Balaban J connectivity index is 2.41. The van der Waals surface area contributed by atoms with E-state index in [1.165, 1.54) is 0 Å². The average molecular weight is 267 g/mol. The zero-order valence-electron chi connectivity index (χ0n) is 12.4. The predicted molar refractivity (Wildman–Crippen MR) is 75.3 cm³/mol. The van der Waals surface area contributed by atoms with Crippen molar-refractivity contribution in [2.45, 2.75) is 59.0 Å². The molecule has 0 fully saturated rings. The fraction of sp³-hybridized carbons (Fsp3) is 0.714. The lowest BCUT2D eigenvalue weighted by Gasteiger charge is -2.25. The Bertz CT molecular complexity index is 428. The van der Waals surface area contributed by atoms with Gasteiger partial charge in [0.2, 0.25) is 0 Å². The van der Waals surface area contributed by atoms with Crippen LogP contribution in [0.25, 0.3) is 0 Å². The third-order valence-electron chi connectivity index (χ3n) is 3.44. The van der Waals surface area contributed by atoms with Crippen LogP contribution in [0.1, 0.15) is 44.5 Å². The van der Waals surface area contributed by atoms with Gasteiger partial charge in [-0.25, -0.2) is 0 Å². The Morgan fingerprint density at radius 3 is 2.63 bits per heavy atom. The summed E-state index contributed by atoms with van der Waals surface area (Å²) in [4.78, 5) is 11.3. The van der Waals surface area contributed by atoms with E-state index >= 15 is 0 Å². The third kappa shape index (κ3) is 4.35. The maximum absolute atomic E-state index is 11.3. The van der Waals surface area contributed by atoms with Gasteiger partial charge in [-0.15, -0.1) is 0 Å². The third-order valence-corrected chi connectivity index (χ3v) is 3.44. The quantitative estimate of drug-likeness (QED) is 0.708. The lowest BCUT2D eigenvalue weighted by atomic mass is 9.95. The van der Waals surface area contributed by atoms with Gasteiger partial charge in [0, 0.05) is 12.2 Å². The molecule has 1 rings (SSSR count). The lowest BCUT2D eigenvalue weighted by Crippen LogP contribution is -2.49. The number of likely N-dealkylation sites (N-methyl/N-ethyl adjacent to an activating group) is 1. The number of carboxylic acids is 1. The van der Waals surface area contributed by atoms with Crippen molar-refractivity contribution in [3.63, 3.8) is 0 Å². The van der Waals surface area contributed by atoms with Crippen LogP contribution in [0.4, 0.5) is 0 Å². The van der Waals surface area contributed by atoms with Gasteiger partial charge in [-0.2, -0.15) is 5.10 Å². The molecule has 0 bridgehead atoms. The minimum Gasteiger partial charge on any atom is -0.480 e. The maximum Gasteiger partial charge on any atom is 0.323 e. The molecule has 0 aliphatic rings. The van der Waals surface area contributed by atoms with E-state index in [9.17, 15) is 9.90 Å². The van der Waals surface area contributed by atoms with Crippen molar-refractivity contribution < 1.29 is 9.90 Å². The standard InChI is InChI=1S/C14H25N3O2/c1-5-15-14(4,13(18)19)8-6-7-9-17-12(3)10-11(2)16-17/h10,15H,5-9H2,1-4H3,(H,18,19). The van der Waals surface area contributed by atoms with Crippen LogP contribution < -0.4 is 5.32 Å². The van der Waals surface area contributed by atoms with Crippen LogP contribution in [0, 0.1) is 13.8 Å². The van der Waals surface area contributed by atoms with Gasteiger partial charge < -0.3 is 10.4 Å². The largest absolute Gasteiger partial charge is 0.480 e. The molecule has 1 unspecified atom stereocenters. The summed E-state index contributed by atoms with van der Waals surface area (Å²) in [5, 5.41) is 16.7. The average Bonchev–Trinajstić information content (AvgIpc) is 2.63. The predicted octanol–water partition coefficient (Wildman–Crippen LogP) is 2.12. The highest BCUT2D eigenvalue weighted by molar-refractivity contribution is 5.78. The van der Waals surface area contributed by atoms with E-state index in [0.717, 1.165) is 30.8 Å². The smallest absolute Gasteiger partial charge is 0.323 e.